The minimum atomic E-state index is 0.597. The molecule has 0 aromatic rings. The van der Waals surface area contributed by atoms with Crippen LogP contribution in [-0.2, 0) is 0 Å². The summed E-state index contributed by atoms with van der Waals surface area (Å²) in [4.78, 5) is 0. The van der Waals surface area contributed by atoms with Crippen molar-refractivity contribution in [1.29, 1.82) is 0 Å². The molecular weight excluding hydrogens is 228 g/mol. The molecule has 0 nitrogen and oxygen atoms in total. The molecule has 1 aliphatic rings. The normalized spacial score (nSPS) is 32.7. The highest BCUT2D eigenvalue weighted by Crippen LogP contribution is 2.57. The van der Waals surface area contributed by atoms with Gasteiger partial charge in [0.05, 0.1) is 0 Å². The maximum atomic E-state index is 2.48. The van der Waals surface area contributed by atoms with Crippen LogP contribution in [0.5, 0.6) is 0 Å². The average molecular weight is 267 g/mol. The first-order chi connectivity index (χ1) is 8.80. The van der Waals surface area contributed by atoms with E-state index in [2.05, 4.69) is 48.5 Å². The van der Waals surface area contributed by atoms with Crippen molar-refractivity contribution in [3.05, 3.63) is 0 Å². The van der Waals surface area contributed by atoms with Gasteiger partial charge in [-0.2, -0.15) is 0 Å². The van der Waals surface area contributed by atoms with Crippen LogP contribution in [0.25, 0.3) is 0 Å². The molecule has 0 spiro atoms. The molecule has 19 heavy (non-hydrogen) atoms. The minimum Gasteiger partial charge on any atom is -0.0651 e. The smallest absolute Gasteiger partial charge is 0.0295 e. The monoisotopic (exact) mass is 266 g/mol. The Morgan fingerprint density at radius 1 is 0.947 bits per heavy atom. The van der Waals surface area contributed by atoms with E-state index >= 15 is 0 Å². The van der Waals surface area contributed by atoms with Crippen molar-refractivity contribution in [2.75, 3.05) is 0 Å². The zero-order valence-corrected chi connectivity index (χ0v) is 14.6. The van der Waals surface area contributed by atoms with Gasteiger partial charge in [0.15, 0.2) is 0 Å². The van der Waals surface area contributed by atoms with E-state index in [-0.39, 0.29) is 0 Å². The highest BCUT2D eigenvalue weighted by atomic mass is 14.5. The molecule has 0 aromatic heterocycles. The minimum absolute atomic E-state index is 0.597. The van der Waals surface area contributed by atoms with E-state index in [4.69, 9.17) is 0 Å². The lowest BCUT2D eigenvalue weighted by atomic mass is 9.48. The Morgan fingerprint density at radius 3 is 2.05 bits per heavy atom. The lowest BCUT2D eigenvalue weighted by Gasteiger charge is -2.57. The quantitative estimate of drug-likeness (QED) is 0.467. The predicted molar refractivity (Wildman–Crippen MR) is 87.3 cm³/mol. The van der Waals surface area contributed by atoms with Crippen LogP contribution >= 0.6 is 0 Å². The van der Waals surface area contributed by atoms with E-state index in [1.807, 2.05) is 0 Å². The van der Waals surface area contributed by atoms with Gasteiger partial charge in [0.1, 0.15) is 0 Å². The Balaban J connectivity index is 2.17. The van der Waals surface area contributed by atoms with Crippen LogP contribution in [0.4, 0.5) is 0 Å². The zero-order chi connectivity index (χ0) is 14.6. The van der Waals surface area contributed by atoms with Gasteiger partial charge in [0, 0.05) is 0 Å². The van der Waals surface area contributed by atoms with Gasteiger partial charge in [-0.25, -0.2) is 0 Å². The van der Waals surface area contributed by atoms with Gasteiger partial charge in [-0.15, -0.1) is 0 Å². The number of hydrogen-bond acceptors (Lipinski definition) is 0. The van der Waals surface area contributed by atoms with E-state index in [9.17, 15) is 0 Å². The molecule has 0 aromatic carbocycles. The molecule has 1 saturated carbocycles. The molecule has 0 radical (unpaired) electrons. The first kappa shape index (κ1) is 17.1. The first-order valence-corrected chi connectivity index (χ1v) is 8.80. The highest BCUT2D eigenvalue weighted by Gasteiger charge is 2.50. The molecule has 0 bridgehead atoms. The Morgan fingerprint density at radius 2 is 1.53 bits per heavy atom. The summed E-state index contributed by atoms with van der Waals surface area (Å²) < 4.78 is 0. The molecule has 5 atom stereocenters. The van der Waals surface area contributed by atoms with E-state index in [0.29, 0.717) is 5.41 Å². The van der Waals surface area contributed by atoms with Crippen LogP contribution in [0, 0.1) is 35.0 Å². The maximum Gasteiger partial charge on any atom is -0.0295 e. The summed E-state index contributed by atoms with van der Waals surface area (Å²) in [5, 5.41) is 0. The summed E-state index contributed by atoms with van der Waals surface area (Å²) in [6, 6.07) is 0. The topological polar surface area (TPSA) is 0 Å². The van der Waals surface area contributed by atoms with Crippen LogP contribution in [-0.4, -0.2) is 0 Å². The fraction of sp³-hybridized carbons (Fsp3) is 1.00. The Bertz CT molecular complexity index is 253. The molecule has 114 valence electrons. The molecule has 0 saturated heterocycles. The molecular formula is C19H38. The molecule has 1 rings (SSSR count). The fourth-order valence-corrected chi connectivity index (χ4v) is 4.16. The van der Waals surface area contributed by atoms with Gasteiger partial charge in [-0.1, -0.05) is 80.6 Å². The second kappa shape index (κ2) is 7.14. The second-order valence-corrected chi connectivity index (χ2v) is 8.20. The van der Waals surface area contributed by atoms with Crippen LogP contribution in [0.2, 0.25) is 0 Å². The summed E-state index contributed by atoms with van der Waals surface area (Å²) in [6.45, 7) is 17.0. The summed E-state index contributed by atoms with van der Waals surface area (Å²) >= 11 is 0. The molecule has 5 unspecified atom stereocenters. The average Bonchev–Trinajstić information content (AvgIpc) is 2.39. The van der Waals surface area contributed by atoms with Crippen molar-refractivity contribution in [1.82, 2.24) is 0 Å². The molecule has 0 N–H and O–H groups in total. The Kier molecular flexibility index (Phi) is 6.40. The lowest BCUT2D eigenvalue weighted by Crippen LogP contribution is -2.50. The van der Waals surface area contributed by atoms with Crippen molar-refractivity contribution >= 4 is 0 Å². The highest BCUT2D eigenvalue weighted by molar-refractivity contribution is 4.98. The van der Waals surface area contributed by atoms with Gasteiger partial charge in [0.2, 0.25) is 0 Å². The van der Waals surface area contributed by atoms with Crippen LogP contribution in [0.1, 0.15) is 87.0 Å². The van der Waals surface area contributed by atoms with Crippen molar-refractivity contribution in [2.45, 2.75) is 87.0 Å². The molecule has 0 amide bonds. The van der Waals surface area contributed by atoms with Gasteiger partial charge in [0.25, 0.3) is 0 Å². The Labute approximate surface area is 122 Å². The summed E-state index contributed by atoms with van der Waals surface area (Å²) in [5.74, 6) is 4.70. The third-order valence-electron chi connectivity index (χ3n) is 6.61. The van der Waals surface area contributed by atoms with Crippen molar-refractivity contribution < 1.29 is 0 Å². The van der Waals surface area contributed by atoms with Gasteiger partial charge in [-0.3, -0.25) is 0 Å². The van der Waals surface area contributed by atoms with Gasteiger partial charge in [-0.05, 0) is 41.4 Å². The Hall–Kier alpha value is 0. The van der Waals surface area contributed by atoms with Crippen LogP contribution < -0.4 is 0 Å². The van der Waals surface area contributed by atoms with Crippen molar-refractivity contribution in [3.63, 3.8) is 0 Å². The first-order valence-electron chi connectivity index (χ1n) is 8.80. The molecule has 1 fully saturated rings. The van der Waals surface area contributed by atoms with Crippen LogP contribution in [0.15, 0.2) is 0 Å². The summed E-state index contributed by atoms with van der Waals surface area (Å²) in [5.41, 5.74) is 0.597. The number of rotatable bonds is 8. The molecule has 0 heteroatoms. The molecule has 0 heterocycles. The van der Waals surface area contributed by atoms with Gasteiger partial charge < -0.3 is 0 Å². The zero-order valence-electron chi connectivity index (χ0n) is 14.6. The third kappa shape index (κ3) is 4.23. The SMILES string of the molecule is CCC(C)CCC(C)CCCC1C(C)C(C)C1(C)C. The van der Waals surface area contributed by atoms with Crippen LogP contribution in [0.3, 0.4) is 0 Å². The second-order valence-electron chi connectivity index (χ2n) is 8.20. The van der Waals surface area contributed by atoms with Crippen molar-refractivity contribution in [2.24, 2.45) is 35.0 Å². The van der Waals surface area contributed by atoms with Crippen molar-refractivity contribution in [3.8, 4) is 0 Å². The van der Waals surface area contributed by atoms with E-state index in [1.165, 1.54) is 38.5 Å². The number of hydrogen-bond donors (Lipinski definition) is 0. The predicted octanol–water partition coefficient (Wildman–Crippen LogP) is 6.55. The summed E-state index contributed by atoms with van der Waals surface area (Å²) in [6.07, 6.45) is 8.58. The van der Waals surface area contributed by atoms with E-state index < -0.39 is 0 Å². The van der Waals surface area contributed by atoms with Gasteiger partial charge >= 0.3 is 0 Å². The fourth-order valence-electron chi connectivity index (χ4n) is 4.16. The molecule has 1 aliphatic carbocycles. The van der Waals surface area contributed by atoms with E-state index in [0.717, 1.165) is 29.6 Å². The molecule has 0 aliphatic heterocycles. The largest absolute Gasteiger partial charge is 0.0651 e. The van der Waals surface area contributed by atoms with E-state index in [1.54, 1.807) is 0 Å². The maximum absolute atomic E-state index is 2.48. The lowest BCUT2D eigenvalue weighted by molar-refractivity contribution is -0.0825. The standard InChI is InChI=1S/C19H38/c1-8-14(2)12-13-15(3)10-9-11-18-16(4)17(5)19(18,6)7/h14-18H,8-13H2,1-7H3. The third-order valence-corrected chi connectivity index (χ3v) is 6.61. The summed E-state index contributed by atoms with van der Waals surface area (Å²) in [7, 11) is 0.